The van der Waals surface area contributed by atoms with E-state index >= 15 is 0 Å². The predicted molar refractivity (Wildman–Crippen MR) is 96.4 cm³/mol. The van der Waals surface area contributed by atoms with Crippen LogP contribution < -0.4 is 0 Å². The van der Waals surface area contributed by atoms with Crippen LogP contribution in [-0.4, -0.2) is 70.7 Å². The Balaban J connectivity index is 1.39. The Bertz CT molecular complexity index is 736. The van der Waals surface area contributed by atoms with Gasteiger partial charge in [-0.05, 0) is 31.2 Å². The van der Waals surface area contributed by atoms with E-state index in [9.17, 15) is 4.79 Å². The highest BCUT2D eigenvalue weighted by Gasteiger charge is 2.50. The Morgan fingerprint density at radius 1 is 1.38 bits per heavy atom. The summed E-state index contributed by atoms with van der Waals surface area (Å²) in [5.41, 5.74) is 1.78. The van der Waals surface area contributed by atoms with Crippen LogP contribution in [0.3, 0.4) is 0 Å². The van der Waals surface area contributed by atoms with Crippen molar-refractivity contribution in [3.05, 3.63) is 48.0 Å². The molecule has 0 unspecified atom stereocenters. The second-order valence-corrected chi connectivity index (χ2v) is 7.58. The first-order chi connectivity index (χ1) is 12.7. The van der Waals surface area contributed by atoms with Gasteiger partial charge in [-0.3, -0.25) is 14.9 Å². The molecule has 2 aliphatic rings. The first-order valence-corrected chi connectivity index (χ1v) is 9.10. The Hall–Kier alpha value is -2.25. The molecule has 2 saturated heterocycles. The van der Waals surface area contributed by atoms with E-state index < -0.39 is 0 Å². The lowest BCUT2D eigenvalue weighted by atomic mass is 9.77. The molecule has 0 bridgehead atoms. The van der Waals surface area contributed by atoms with Crippen molar-refractivity contribution in [1.29, 1.82) is 0 Å². The van der Waals surface area contributed by atoms with Crippen molar-refractivity contribution in [2.24, 2.45) is 11.3 Å². The van der Waals surface area contributed by atoms with Gasteiger partial charge in [0.2, 0.25) is 0 Å². The van der Waals surface area contributed by atoms with E-state index in [4.69, 9.17) is 4.74 Å². The minimum Gasteiger partial charge on any atom is -0.376 e. The van der Waals surface area contributed by atoms with E-state index in [0.717, 1.165) is 38.2 Å². The van der Waals surface area contributed by atoms with Gasteiger partial charge in [0.25, 0.3) is 5.91 Å². The first-order valence-electron chi connectivity index (χ1n) is 9.10. The quantitative estimate of drug-likeness (QED) is 0.878. The molecule has 2 aromatic rings. The molecule has 2 fully saturated rings. The third kappa shape index (κ3) is 3.37. The number of carbonyl (C=O) groups is 1. The minimum atomic E-state index is 0.0453. The molecule has 26 heavy (non-hydrogen) atoms. The monoisotopic (exact) mass is 355 g/mol. The van der Waals surface area contributed by atoms with Gasteiger partial charge >= 0.3 is 0 Å². The van der Waals surface area contributed by atoms with Crippen LogP contribution in [-0.2, 0) is 11.3 Å². The predicted octanol–water partition coefficient (Wildman–Crippen LogP) is 1.42. The number of nitrogens with zero attached hydrogens (tertiary/aromatic N) is 4. The lowest BCUT2D eigenvalue weighted by molar-refractivity contribution is 0.0494. The molecule has 0 aliphatic carbocycles. The molecular formula is C19H25N5O2. The van der Waals surface area contributed by atoms with Gasteiger partial charge in [-0.25, -0.2) is 0 Å². The fourth-order valence-corrected chi connectivity index (χ4v) is 4.41. The number of hydrogen-bond acceptors (Lipinski definition) is 5. The van der Waals surface area contributed by atoms with E-state index in [1.165, 1.54) is 0 Å². The zero-order chi connectivity index (χ0) is 18.0. The maximum Gasteiger partial charge on any atom is 0.271 e. The molecule has 1 N–H and O–H groups in total. The average molecular weight is 355 g/mol. The summed E-state index contributed by atoms with van der Waals surface area (Å²) in [5.74, 6) is 0.479. The molecule has 7 nitrogen and oxygen atoms in total. The Labute approximate surface area is 153 Å². The Morgan fingerprint density at radius 3 is 3.08 bits per heavy atom. The van der Waals surface area contributed by atoms with Gasteiger partial charge in [0.05, 0.1) is 13.2 Å². The van der Waals surface area contributed by atoms with Crippen LogP contribution in [0.15, 0.2) is 36.8 Å². The number of aromatic nitrogens is 3. The zero-order valence-corrected chi connectivity index (χ0v) is 15.1. The number of pyridine rings is 1. The molecule has 0 aromatic carbocycles. The molecule has 0 radical (unpaired) electrons. The SMILES string of the molecule is CN1C[C@@H](COCc2cccnc2)[C@]2(CCN(C(=O)c3ccn[nH]3)C2)C1. The summed E-state index contributed by atoms with van der Waals surface area (Å²) in [7, 11) is 2.16. The van der Waals surface area contributed by atoms with Crippen molar-refractivity contribution in [1.82, 2.24) is 25.0 Å². The molecule has 7 heteroatoms. The number of ether oxygens (including phenoxy) is 1. The highest BCUT2D eigenvalue weighted by atomic mass is 16.5. The minimum absolute atomic E-state index is 0.0453. The highest BCUT2D eigenvalue weighted by Crippen LogP contribution is 2.43. The highest BCUT2D eigenvalue weighted by molar-refractivity contribution is 5.92. The molecule has 1 amide bonds. The lowest BCUT2D eigenvalue weighted by Gasteiger charge is -2.30. The van der Waals surface area contributed by atoms with Crippen LogP contribution in [0.5, 0.6) is 0 Å². The number of H-pyrrole nitrogens is 1. The molecule has 2 aliphatic heterocycles. The summed E-state index contributed by atoms with van der Waals surface area (Å²) in [6.07, 6.45) is 6.26. The zero-order valence-electron chi connectivity index (χ0n) is 15.1. The Kier molecular flexibility index (Phi) is 4.74. The maximum absolute atomic E-state index is 12.6. The molecular weight excluding hydrogens is 330 g/mol. The van der Waals surface area contributed by atoms with Crippen LogP contribution in [0.1, 0.15) is 22.5 Å². The summed E-state index contributed by atoms with van der Waals surface area (Å²) in [6.45, 7) is 4.91. The average Bonchev–Trinajstić information content (AvgIpc) is 3.37. The van der Waals surface area contributed by atoms with Gasteiger partial charge in [-0.2, -0.15) is 5.10 Å². The fourth-order valence-electron chi connectivity index (χ4n) is 4.41. The number of likely N-dealkylation sites (tertiary alicyclic amines) is 2. The van der Waals surface area contributed by atoms with Crippen molar-refractivity contribution >= 4 is 5.91 Å². The van der Waals surface area contributed by atoms with Gasteiger partial charge in [-0.15, -0.1) is 0 Å². The normalized spacial score (nSPS) is 26.0. The van der Waals surface area contributed by atoms with Crippen molar-refractivity contribution in [2.45, 2.75) is 13.0 Å². The number of rotatable bonds is 5. The summed E-state index contributed by atoms with van der Waals surface area (Å²) in [4.78, 5) is 21.1. The van der Waals surface area contributed by atoms with Gasteiger partial charge in [0, 0.05) is 56.1 Å². The van der Waals surface area contributed by atoms with Gasteiger partial charge < -0.3 is 14.5 Å². The lowest BCUT2D eigenvalue weighted by Crippen LogP contribution is -2.38. The largest absolute Gasteiger partial charge is 0.376 e. The van der Waals surface area contributed by atoms with Crippen LogP contribution in [0.4, 0.5) is 0 Å². The van der Waals surface area contributed by atoms with Gasteiger partial charge in [-0.1, -0.05) is 6.07 Å². The second kappa shape index (κ2) is 7.17. The topological polar surface area (TPSA) is 74.3 Å². The molecule has 2 aromatic heterocycles. The van der Waals surface area contributed by atoms with Crippen LogP contribution in [0, 0.1) is 11.3 Å². The van der Waals surface area contributed by atoms with Gasteiger partial charge in [0.1, 0.15) is 5.69 Å². The third-order valence-corrected chi connectivity index (χ3v) is 5.70. The summed E-state index contributed by atoms with van der Waals surface area (Å²) >= 11 is 0. The van der Waals surface area contributed by atoms with E-state index in [0.29, 0.717) is 24.8 Å². The van der Waals surface area contributed by atoms with E-state index in [2.05, 4.69) is 27.1 Å². The molecule has 4 rings (SSSR count). The summed E-state index contributed by atoms with van der Waals surface area (Å²) in [5, 5.41) is 6.68. The van der Waals surface area contributed by atoms with Crippen LogP contribution >= 0.6 is 0 Å². The van der Waals surface area contributed by atoms with Crippen molar-refractivity contribution in [3.8, 4) is 0 Å². The first kappa shape index (κ1) is 17.2. The molecule has 1 spiro atoms. The molecule has 2 atom stereocenters. The van der Waals surface area contributed by atoms with Crippen LogP contribution in [0.25, 0.3) is 0 Å². The van der Waals surface area contributed by atoms with Crippen LogP contribution in [0.2, 0.25) is 0 Å². The number of aromatic amines is 1. The third-order valence-electron chi connectivity index (χ3n) is 5.70. The molecule has 4 heterocycles. The van der Waals surface area contributed by atoms with Crippen molar-refractivity contribution < 1.29 is 9.53 Å². The van der Waals surface area contributed by atoms with Crippen molar-refractivity contribution in [3.63, 3.8) is 0 Å². The number of amides is 1. The number of nitrogens with one attached hydrogen (secondary N) is 1. The standard InChI is InChI=1S/C19H25N5O2/c1-23-10-16(12-26-11-15-3-2-6-20-9-15)19(13-23)5-8-24(14-19)18(25)17-4-7-21-22-17/h2-4,6-7,9,16H,5,8,10-14H2,1H3,(H,21,22)/t16-,19+/m0/s1. The Morgan fingerprint density at radius 2 is 2.31 bits per heavy atom. The van der Waals surface area contributed by atoms with Crippen molar-refractivity contribution in [2.75, 3.05) is 39.8 Å². The number of carbonyl (C=O) groups excluding carboxylic acids is 1. The smallest absolute Gasteiger partial charge is 0.271 e. The second-order valence-electron chi connectivity index (χ2n) is 7.58. The van der Waals surface area contributed by atoms with E-state index in [1.807, 2.05) is 23.2 Å². The number of hydrogen-bond donors (Lipinski definition) is 1. The summed E-state index contributed by atoms with van der Waals surface area (Å²) < 4.78 is 6.02. The summed E-state index contributed by atoms with van der Waals surface area (Å²) in [6, 6.07) is 5.70. The fraction of sp³-hybridized carbons (Fsp3) is 0.526. The van der Waals surface area contributed by atoms with Gasteiger partial charge in [0.15, 0.2) is 0 Å². The van der Waals surface area contributed by atoms with E-state index in [-0.39, 0.29) is 11.3 Å². The molecule has 138 valence electrons. The van der Waals surface area contributed by atoms with E-state index in [1.54, 1.807) is 18.5 Å². The molecule has 0 saturated carbocycles. The maximum atomic E-state index is 12.6.